The van der Waals surface area contributed by atoms with E-state index in [4.69, 9.17) is 0 Å². The van der Waals surface area contributed by atoms with Crippen LogP contribution in [-0.4, -0.2) is 14.4 Å². The van der Waals surface area contributed by atoms with Gasteiger partial charge in [0, 0.05) is 6.42 Å². The molecule has 0 saturated carbocycles. The van der Waals surface area contributed by atoms with Gasteiger partial charge in [0.15, 0.2) is 0 Å². The fraction of sp³-hybridized carbons (Fsp3) is 0.731. The van der Waals surface area contributed by atoms with E-state index in [0.717, 1.165) is 12.8 Å². The van der Waals surface area contributed by atoms with Gasteiger partial charge in [0.2, 0.25) is 0 Å². The first-order chi connectivity index (χ1) is 15.1. The first-order valence-corrected chi connectivity index (χ1v) is 14.0. The Hall–Kier alpha value is -1.36. The molecule has 0 bridgehead atoms. The fourth-order valence-corrected chi connectivity index (χ4v) is 4.71. The molecule has 0 aliphatic heterocycles. The number of unbranched alkanes of at least 4 members (excludes halogenated alkanes) is 16. The smallest absolute Gasteiger partial charge is 0.341 e. The lowest BCUT2D eigenvalue weighted by Gasteiger charge is -2.06. The van der Waals surface area contributed by atoms with Crippen molar-refractivity contribution in [1.29, 1.82) is 0 Å². The number of hydrogen-bond donors (Lipinski definition) is 0. The van der Waals surface area contributed by atoms with Gasteiger partial charge >= 0.3 is 16.1 Å². The Kier molecular flexibility index (Phi) is 16.3. The van der Waals surface area contributed by atoms with Crippen LogP contribution in [0.3, 0.4) is 0 Å². The van der Waals surface area contributed by atoms with E-state index in [2.05, 4.69) is 11.1 Å². The van der Waals surface area contributed by atoms with Crippen molar-refractivity contribution in [3.05, 3.63) is 30.3 Å². The van der Waals surface area contributed by atoms with E-state index in [1.807, 2.05) is 0 Å². The highest BCUT2D eigenvalue weighted by Gasteiger charge is 2.19. The standard InChI is InChI=1S/C26H44O4S/c1-2-3-4-5-6-7-8-9-10-11-12-13-14-15-16-17-21-24-26(27)30-31(28,29)25-22-19-18-20-23-25/h18-20,22-23H,2-17,21,24H2,1H3. The van der Waals surface area contributed by atoms with Crippen LogP contribution in [0, 0.1) is 0 Å². The third-order valence-electron chi connectivity index (χ3n) is 5.72. The van der Waals surface area contributed by atoms with Gasteiger partial charge in [0.1, 0.15) is 4.90 Å². The number of hydrogen-bond acceptors (Lipinski definition) is 4. The second kappa shape index (κ2) is 18.2. The largest absolute Gasteiger partial charge is 0.342 e. The molecule has 0 heterocycles. The molecule has 0 radical (unpaired) electrons. The molecule has 1 aromatic rings. The Morgan fingerprint density at radius 1 is 0.645 bits per heavy atom. The molecule has 0 aliphatic rings. The van der Waals surface area contributed by atoms with Crippen LogP contribution in [0.1, 0.15) is 122 Å². The van der Waals surface area contributed by atoms with Gasteiger partial charge in [-0.15, -0.1) is 0 Å². The van der Waals surface area contributed by atoms with Crippen molar-refractivity contribution in [2.75, 3.05) is 0 Å². The molecule has 0 aromatic heterocycles. The topological polar surface area (TPSA) is 60.4 Å². The second-order valence-corrected chi connectivity index (χ2v) is 10.2. The van der Waals surface area contributed by atoms with Gasteiger partial charge in [-0.25, -0.2) is 0 Å². The zero-order valence-electron chi connectivity index (χ0n) is 19.7. The van der Waals surface area contributed by atoms with Crippen molar-refractivity contribution in [3.8, 4) is 0 Å². The molecule has 5 heteroatoms. The molecule has 0 aliphatic carbocycles. The first-order valence-electron chi connectivity index (χ1n) is 12.6. The predicted molar refractivity (Wildman–Crippen MR) is 128 cm³/mol. The summed E-state index contributed by atoms with van der Waals surface area (Å²) in [5.41, 5.74) is 0. The Morgan fingerprint density at radius 3 is 1.45 bits per heavy atom. The minimum atomic E-state index is -3.98. The van der Waals surface area contributed by atoms with E-state index in [9.17, 15) is 13.2 Å². The van der Waals surface area contributed by atoms with Gasteiger partial charge in [-0.3, -0.25) is 4.79 Å². The number of benzene rings is 1. The number of carbonyl (C=O) groups excluding carboxylic acids is 1. The van der Waals surface area contributed by atoms with Crippen molar-refractivity contribution in [3.63, 3.8) is 0 Å². The molecular formula is C26H44O4S. The summed E-state index contributed by atoms with van der Waals surface area (Å²) in [7, 11) is -3.98. The van der Waals surface area contributed by atoms with Crippen LogP contribution in [0.5, 0.6) is 0 Å². The van der Waals surface area contributed by atoms with E-state index in [1.165, 1.54) is 102 Å². The normalized spacial score (nSPS) is 11.5. The highest BCUT2D eigenvalue weighted by atomic mass is 32.2. The molecule has 4 nitrogen and oxygen atoms in total. The molecule has 1 rings (SSSR count). The third kappa shape index (κ3) is 15.1. The Morgan fingerprint density at radius 2 is 1.03 bits per heavy atom. The first kappa shape index (κ1) is 27.7. The second-order valence-electron chi connectivity index (χ2n) is 8.63. The highest BCUT2D eigenvalue weighted by molar-refractivity contribution is 7.87. The molecule has 0 unspecified atom stereocenters. The maximum Gasteiger partial charge on any atom is 0.341 e. The summed E-state index contributed by atoms with van der Waals surface area (Å²) in [6, 6.07) is 7.79. The summed E-state index contributed by atoms with van der Waals surface area (Å²) in [5, 5.41) is 0. The molecule has 0 saturated heterocycles. The molecule has 178 valence electrons. The summed E-state index contributed by atoms with van der Waals surface area (Å²) in [4.78, 5) is 11.8. The van der Waals surface area contributed by atoms with E-state index in [-0.39, 0.29) is 11.3 Å². The average Bonchev–Trinajstić information content (AvgIpc) is 2.76. The summed E-state index contributed by atoms with van der Waals surface area (Å²) in [6.45, 7) is 2.27. The van der Waals surface area contributed by atoms with Crippen molar-refractivity contribution in [2.45, 2.75) is 127 Å². The van der Waals surface area contributed by atoms with E-state index in [1.54, 1.807) is 18.2 Å². The molecule has 0 N–H and O–H groups in total. The van der Waals surface area contributed by atoms with Crippen LogP contribution < -0.4 is 0 Å². The maximum absolute atomic E-state index is 12.0. The minimum absolute atomic E-state index is 0.0192. The SMILES string of the molecule is CCCCCCCCCCCCCCCCCCCC(=O)OS(=O)(=O)c1ccccc1. The summed E-state index contributed by atoms with van der Waals surface area (Å²) >= 11 is 0. The lowest BCUT2D eigenvalue weighted by atomic mass is 10.0. The number of rotatable bonds is 20. The van der Waals surface area contributed by atoms with Crippen LogP contribution in [0.25, 0.3) is 0 Å². The molecule has 1 aromatic carbocycles. The van der Waals surface area contributed by atoms with Gasteiger partial charge in [-0.2, -0.15) is 8.42 Å². The Bertz CT molecular complexity index is 655. The molecular weight excluding hydrogens is 408 g/mol. The number of carbonyl (C=O) groups is 1. The van der Waals surface area contributed by atoms with Gasteiger partial charge < -0.3 is 4.18 Å². The monoisotopic (exact) mass is 452 g/mol. The predicted octanol–water partition coefficient (Wildman–Crippen LogP) is 7.96. The van der Waals surface area contributed by atoms with Crippen LogP contribution in [0.15, 0.2) is 35.2 Å². The molecule has 0 atom stereocenters. The highest BCUT2D eigenvalue weighted by Crippen LogP contribution is 2.16. The average molecular weight is 453 g/mol. The van der Waals surface area contributed by atoms with E-state index >= 15 is 0 Å². The van der Waals surface area contributed by atoms with Crippen molar-refractivity contribution < 1.29 is 17.4 Å². The van der Waals surface area contributed by atoms with Crippen molar-refractivity contribution >= 4 is 16.1 Å². The Labute approximate surface area is 191 Å². The third-order valence-corrected chi connectivity index (χ3v) is 6.97. The molecule has 0 spiro atoms. The molecule has 0 amide bonds. The maximum atomic E-state index is 12.0. The van der Waals surface area contributed by atoms with Crippen molar-refractivity contribution in [2.24, 2.45) is 0 Å². The van der Waals surface area contributed by atoms with E-state index < -0.39 is 16.1 Å². The van der Waals surface area contributed by atoms with Gasteiger partial charge in [0.05, 0.1) is 0 Å². The minimum Gasteiger partial charge on any atom is -0.342 e. The van der Waals surface area contributed by atoms with Crippen LogP contribution in [0.2, 0.25) is 0 Å². The fourth-order valence-electron chi connectivity index (χ4n) is 3.79. The lowest BCUT2D eigenvalue weighted by molar-refractivity contribution is -0.133. The summed E-state index contributed by atoms with van der Waals surface area (Å²) < 4.78 is 28.6. The van der Waals surface area contributed by atoms with E-state index in [0.29, 0.717) is 6.42 Å². The molecule has 0 fully saturated rings. The summed E-state index contributed by atoms with van der Waals surface area (Å²) in [6.07, 6.45) is 21.9. The Balaban J connectivity index is 1.87. The quantitative estimate of drug-likeness (QED) is 0.149. The van der Waals surface area contributed by atoms with Gasteiger partial charge in [0.25, 0.3) is 0 Å². The van der Waals surface area contributed by atoms with Crippen LogP contribution >= 0.6 is 0 Å². The van der Waals surface area contributed by atoms with Crippen LogP contribution in [0.4, 0.5) is 0 Å². The van der Waals surface area contributed by atoms with Gasteiger partial charge in [-0.05, 0) is 18.6 Å². The zero-order valence-corrected chi connectivity index (χ0v) is 20.5. The molecule has 31 heavy (non-hydrogen) atoms. The van der Waals surface area contributed by atoms with Gasteiger partial charge in [-0.1, -0.05) is 128 Å². The lowest BCUT2D eigenvalue weighted by Crippen LogP contribution is -2.13. The van der Waals surface area contributed by atoms with Crippen LogP contribution in [-0.2, 0) is 19.1 Å². The zero-order chi connectivity index (χ0) is 22.6. The van der Waals surface area contributed by atoms with Crippen molar-refractivity contribution in [1.82, 2.24) is 0 Å². The summed E-state index contributed by atoms with van der Waals surface area (Å²) in [5.74, 6) is -0.662.